The summed E-state index contributed by atoms with van der Waals surface area (Å²) in [4.78, 5) is 0.135. The standard InChI is InChI=1S/C18H16BrClN2O3S/c1-12-17(19)18(21-25-12)16(11-13-5-3-2-4-6-13)22-26(23,24)15-9-7-14(20)8-10-15/h2-10,16,22H,11H2,1H3. The van der Waals surface area contributed by atoms with Gasteiger partial charge >= 0.3 is 0 Å². The molecule has 1 atom stereocenters. The maximum absolute atomic E-state index is 12.8. The first kappa shape index (κ1) is 19.1. The second kappa shape index (κ2) is 7.92. The summed E-state index contributed by atoms with van der Waals surface area (Å²) in [7, 11) is -3.76. The van der Waals surface area contributed by atoms with Crippen LogP contribution in [0.25, 0.3) is 0 Å². The topological polar surface area (TPSA) is 72.2 Å². The van der Waals surface area contributed by atoms with Crippen LogP contribution in [0.4, 0.5) is 0 Å². The summed E-state index contributed by atoms with van der Waals surface area (Å²) < 4.78 is 34.2. The predicted octanol–water partition coefficient (Wildman–Crippen LogP) is 4.66. The first-order chi connectivity index (χ1) is 12.4. The Hall–Kier alpha value is -1.67. The molecule has 0 aliphatic heterocycles. The molecule has 0 spiro atoms. The maximum atomic E-state index is 12.8. The summed E-state index contributed by atoms with van der Waals surface area (Å²) in [6.07, 6.45) is 0.429. The normalized spacial score (nSPS) is 12.9. The van der Waals surface area contributed by atoms with Gasteiger partial charge < -0.3 is 4.52 Å². The monoisotopic (exact) mass is 454 g/mol. The Morgan fingerprint density at radius 3 is 2.38 bits per heavy atom. The zero-order valence-electron chi connectivity index (χ0n) is 13.8. The number of nitrogens with zero attached hydrogens (tertiary/aromatic N) is 1. The lowest BCUT2D eigenvalue weighted by molar-refractivity contribution is 0.382. The number of sulfonamides is 1. The number of hydrogen-bond acceptors (Lipinski definition) is 4. The van der Waals surface area contributed by atoms with Crippen molar-refractivity contribution in [3.63, 3.8) is 0 Å². The van der Waals surface area contributed by atoms with Crippen molar-refractivity contribution in [3.8, 4) is 0 Å². The summed E-state index contributed by atoms with van der Waals surface area (Å²) in [5.74, 6) is 0.587. The van der Waals surface area contributed by atoms with Gasteiger partial charge in [-0.15, -0.1) is 0 Å². The van der Waals surface area contributed by atoms with Gasteiger partial charge in [-0.2, -0.15) is 0 Å². The van der Waals surface area contributed by atoms with Gasteiger partial charge in [-0.05, 0) is 59.1 Å². The van der Waals surface area contributed by atoms with Crippen LogP contribution in [0.3, 0.4) is 0 Å². The van der Waals surface area contributed by atoms with Gasteiger partial charge in [0.15, 0.2) is 0 Å². The highest BCUT2D eigenvalue weighted by atomic mass is 79.9. The van der Waals surface area contributed by atoms with E-state index in [1.807, 2.05) is 30.3 Å². The Kier molecular flexibility index (Phi) is 5.82. The van der Waals surface area contributed by atoms with Crippen LogP contribution >= 0.6 is 27.5 Å². The zero-order valence-corrected chi connectivity index (χ0v) is 17.0. The third-order valence-corrected chi connectivity index (χ3v) is 6.55. The van der Waals surface area contributed by atoms with Crippen LogP contribution in [0, 0.1) is 6.92 Å². The quantitative estimate of drug-likeness (QED) is 0.587. The summed E-state index contributed by atoms with van der Waals surface area (Å²) in [5, 5.41) is 4.51. The summed E-state index contributed by atoms with van der Waals surface area (Å²) >= 11 is 9.28. The molecule has 2 aromatic carbocycles. The molecular weight excluding hydrogens is 440 g/mol. The fraction of sp³-hybridized carbons (Fsp3) is 0.167. The molecule has 0 saturated carbocycles. The van der Waals surface area contributed by atoms with Crippen LogP contribution in [0.1, 0.15) is 23.1 Å². The van der Waals surface area contributed by atoms with Crippen LogP contribution in [0.15, 0.2) is 68.5 Å². The van der Waals surface area contributed by atoms with E-state index in [9.17, 15) is 8.42 Å². The number of nitrogens with one attached hydrogen (secondary N) is 1. The van der Waals surface area contributed by atoms with Crippen molar-refractivity contribution in [1.29, 1.82) is 0 Å². The highest BCUT2D eigenvalue weighted by Gasteiger charge is 2.27. The van der Waals surface area contributed by atoms with Gasteiger partial charge in [-0.1, -0.05) is 47.1 Å². The third kappa shape index (κ3) is 4.35. The SMILES string of the molecule is Cc1onc(C(Cc2ccccc2)NS(=O)(=O)c2ccc(Cl)cc2)c1Br. The van der Waals surface area contributed by atoms with E-state index in [1.54, 1.807) is 19.1 Å². The van der Waals surface area contributed by atoms with Crippen LogP contribution < -0.4 is 4.72 Å². The minimum Gasteiger partial charge on any atom is -0.360 e. The lowest BCUT2D eigenvalue weighted by Crippen LogP contribution is -2.30. The third-order valence-electron chi connectivity index (χ3n) is 3.85. The zero-order chi connectivity index (χ0) is 18.7. The number of halogens is 2. The van der Waals surface area contributed by atoms with Gasteiger partial charge in [0.05, 0.1) is 15.4 Å². The predicted molar refractivity (Wildman–Crippen MR) is 104 cm³/mol. The van der Waals surface area contributed by atoms with E-state index in [0.29, 0.717) is 27.4 Å². The van der Waals surface area contributed by atoms with Crippen molar-refractivity contribution >= 4 is 37.6 Å². The van der Waals surface area contributed by atoms with Crippen molar-refractivity contribution in [1.82, 2.24) is 9.88 Å². The molecule has 0 radical (unpaired) electrons. The summed E-state index contributed by atoms with van der Waals surface area (Å²) in [6, 6.07) is 15.0. The average molecular weight is 456 g/mol. The average Bonchev–Trinajstić information content (AvgIpc) is 2.95. The molecule has 1 aromatic heterocycles. The van der Waals surface area contributed by atoms with E-state index in [2.05, 4.69) is 25.8 Å². The van der Waals surface area contributed by atoms with Crippen molar-refractivity contribution in [2.75, 3.05) is 0 Å². The van der Waals surface area contributed by atoms with E-state index in [0.717, 1.165) is 5.56 Å². The second-order valence-corrected chi connectivity index (χ2v) is 8.70. The van der Waals surface area contributed by atoms with Crippen LogP contribution in [0.5, 0.6) is 0 Å². The molecule has 0 amide bonds. The Bertz CT molecular complexity index is 989. The van der Waals surface area contributed by atoms with Crippen LogP contribution in [-0.2, 0) is 16.4 Å². The van der Waals surface area contributed by atoms with E-state index >= 15 is 0 Å². The molecule has 0 aliphatic carbocycles. The first-order valence-electron chi connectivity index (χ1n) is 7.80. The molecule has 136 valence electrons. The highest BCUT2D eigenvalue weighted by molar-refractivity contribution is 9.10. The number of aryl methyl sites for hydroxylation is 1. The summed E-state index contributed by atoms with van der Waals surface area (Å²) in [6.45, 7) is 1.76. The Labute approximate surface area is 165 Å². The van der Waals surface area contributed by atoms with E-state index in [4.69, 9.17) is 16.1 Å². The van der Waals surface area contributed by atoms with Crippen molar-refractivity contribution < 1.29 is 12.9 Å². The maximum Gasteiger partial charge on any atom is 0.241 e. The second-order valence-electron chi connectivity index (χ2n) is 5.76. The van der Waals surface area contributed by atoms with Crippen molar-refractivity contribution in [2.24, 2.45) is 0 Å². The summed E-state index contributed by atoms with van der Waals surface area (Å²) in [5.41, 5.74) is 1.48. The van der Waals surface area contributed by atoms with Gasteiger partial charge in [0, 0.05) is 5.02 Å². The Balaban J connectivity index is 1.95. The van der Waals surface area contributed by atoms with Crippen LogP contribution in [-0.4, -0.2) is 13.6 Å². The van der Waals surface area contributed by atoms with E-state index in [1.165, 1.54) is 12.1 Å². The number of rotatable bonds is 6. The number of aromatic nitrogens is 1. The number of hydrogen-bond donors (Lipinski definition) is 1. The number of benzene rings is 2. The van der Waals surface area contributed by atoms with Gasteiger partial charge in [0.25, 0.3) is 0 Å². The molecule has 3 rings (SSSR count). The molecule has 1 heterocycles. The lowest BCUT2D eigenvalue weighted by Gasteiger charge is -2.17. The first-order valence-corrected chi connectivity index (χ1v) is 10.5. The molecule has 26 heavy (non-hydrogen) atoms. The van der Waals surface area contributed by atoms with Gasteiger partial charge in [0.2, 0.25) is 10.0 Å². The van der Waals surface area contributed by atoms with Crippen LogP contribution in [0.2, 0.25) is 5.02 Å². The fourth-order valence-electron chi connectivity index (χ4n) is 2.51. The van der Waals surface area contributed by atoms with Crippen molar-refractivity contribution in [3.05, 3.63) is 81.1 Å². The molecule has 5 nitrogen and oxygen atoms in total. The minimum atomic E-state index is -3.76. The highest BCUT2D eigenvalue weighted by Crippen LogP contribution is 2.29. The van der Waals surface area contributed by atoms with Gasteiger partial charge in [-0.25, -0.2) is 13.1 Å². The lowest BCUT2D eigenvalue weighted by atomic mass is 10.0. The van der Waals surface area contributed by atoms with Crippen molar-refractivity contribution in [2.45, 2.75) is 24.3 Å². The molecule has 0 bridgehead atoms. The van der Waals surface area contributed by atoms with E-state index < -0.39 is 16.1 Å². The molecule has 1 N–H and O–H groups in total. The Morgan fingerprint density at radius 2 is 1.81 bits per heavy atom. The smallest absolute Gasteiger partial charge is 0.241 e. The minimum absolute atomic E-state index is 0.135. The molecule has 3 aromatic rings. The molecule has 0 saturated heterocycles. The molecule has 0 aliphatic rings. The van der Waals surface area contributed by atoms with Gasteiger partial charge in [-0.3, -0.25) is 0 Å². The largest absolute Gasteiger partial charge is 0.360 e. The van der Waals surface area contributed by atoms with E-state index in [-0.39, 0.29) is 4.90 Å². The van der Waals surface area contributed by atoms with Gasteiger partial charge in [0.1, 0.15) is 11.5 Å². The molecule has 0 fully saturated rings. The fourth-order valence-corrected chi connectivity index (χ4v) is 4.25. The molecule has 1 unspecified atom stereocenters. The Morgan fingerprint density at radius 1 is 1.15 bits per heavy atom. The molecular formula is C18H16BrClN2O3S. The molecule has 8 heteroatoms.